The van der Waals surface area contributed by atoms with E-state index < -0.39 is 0 Å². The second-order valence-electron chi connectivity index (χ2n) is 7.63. The van der Waals surface area contributed by atoms with E-state index in [1.165, 1.54) is 18.4 Å². The molecule has 2 fully saturated rings. The lowest BCUT2D eigenvalue weighted by molar-refractivity contribution is -0.00805. The number of methoxy groups -OCH3 is 1. The van der Waals surface area contributed by atoms with Gasteiger partial charge in [0.05, 0.1) is 26.5 Å². The number of aryl methyl sites for hydroxylation is 1. The summed E-state index contributed by atoms with van der Waals surface area (Å²) in [5.74, 6) is 1.90. The number of guanidine groups is 1. The van der Waals surface area contributed by atoms with Crippen LogP contribution >= 0.6 is 0 Å². The number of nitrogens with one attached hydrogen (secondary N) is 1. The van der Waals surface area contributed by atoms with Gasteiger partial charge in [0.1, 0.15) is 11.9 Å². The number of ether oxygens (including phenoxy) is 2. The molecule has 7 nitrogen and oxygen atoms in total. The predicted molar refractivity (Wildman–Crippen MR) is 109 cm³/mol. The highest BCUT2D eigenvalue weighted by molar-refractivity contribution is 5.80. The second kappa shape index (κ2) is 7.83. The highest BCUT2D eigenvalue weighted by atomic mass is 16.5. The molecule has 1 N–H and O–H groups in total. The van der Waals surface area contributed by atoms with Crippen molar-refractivity contribution in [2.45, 2.75) is 24.4 Å². The number of morpholine rings is 1. The van der Waals surface area contributed by atoms with E-state index in [1.54, 1.807) is 7.11 Å². The number of aromatic nitrogens is 2. The topological polar surface area (TPSA) is 63.9 Å². The molecule has 1 aliphatic carbocycles. The minimum atomic E-state index is 0.0186. The molecule has 2 aromatic rings. The lowest BCUT2D eigenvalue weighted by atomic mass is 9.95. The summed E-state index contributed by atoms with van der Waals surface area (Å²) in [7, 11) is 5.52. The van der Waals surface area contributed by atoms with Gasteiger partial charge in [0, 0.05) is 49.9 Å². The van der Waals surface area contributed by atoms with Crippen LogP contribution < -0.4 is 10.1 Å². The van der Waals surface area contributed by atoms with Gasteiger partial charge in [-0.25, -0.2) is 0 Å². The Hall–Kier alpha value is -2.54. The minimum absolute atomic E-state index is 0.0186. The van der Waals surface area contributed by atoms with Crippen molar-refractivity contribution in [1.29, 1.82) is 0 Å². The monoisotopic (exact) mass is 383 g/mol. The molecule has 1 saturated carbocycles. The molecule has 0 spiro atoms. The molecule has 2 heterocycles. The van der Waals surface area contributed by atoms with Crippen molar-refractivity contribution in [3.8, 4) is 5.75 Å². The van der Waals surface area contributed by atoms with E-state index in [4.69, 9.17) is 9.47 Å². The van der Waals surface area contributed by atoms with Crippen molar-refractivity contribution in [2.75, 3.05) is 40.4 Å². The van der Waals surface area contributed by atoms with Crippen LogP contribution in [0.15, 0.2) is 41.7 Å². The first kappa shape index (κ1) is 18.8. The van der Waals surface area contributed by atoms with Gasteiger partial charge in [-0.1, -0.05) is 18.2 Å². The van der Waals surface area contributed by atoms with Gasteiger partial charge in [-0.2, -0.15) is 5.10 Å². The van der Waals surface area contributed by atoms with Crippen LogP contribution in [0.1, 0.15) is 30.1 Å². The summed E-state index contributed by atoms with van der Waals surface area (Å²) in [6.45, 7) is 3.14. The SMILES string of the molecule is CN=C(NCC1(c2ccccc2OC)CC1)N1CCOC(c2cnn(C)c2)C1. The summed E-state index contributed by atoms with van der Waals surface area (Å²) >= 11 is 0. The Morgan fingerprint density at radius 3 is 2.89 bits per heavy atom. The van der Waals surface area contributed by atoms with E-state index in [1.807, 2.05) is 43.3 Å². The Labute approximate surface area is 166 Å². The summed E-state index contributed by atoms with van der Waals surface area (Å²) in [4.78, 5) is 6.81. The summed E-state index contributed by atoms with van der Waals surface area (Å²) in [6, 6.07) is 8.35. The van der Waals surface area contributed by atoms with Crippen molar-refractivity contribution >= 4 is 5.96 Å². The molecule has 28 heavy (non-hydrogen) atoms. The van der Waals surface area contributed by atoms with Gasteiger partial charge in [0.25, 0.3) is 0 Å². The normalized spacial score (nSPS) is 21.5. The van der Waals surface area contributed by atoms with Crippen molar-refractivity contribution in [2.24, 2.45) is 12.0 Å². The quantitative estimate of drug-likeness (QED) is 0.633. The Morgan fingerprint density at radius 1 is 1.39 bits per heavy atom. The van der Waals surface area contributed by atoms with Crippen LogP contribution in [-0.2, 0) is 17.2 Å². The number of hydrogen-bond acceptors (Lipinski definition) is 4. The maximum absolute atomic E-state index is 5.97. The summed E-state index contributed by atoms with van der Waals surface area (Å²) < 4.78 is 13.4. The van der Waals surface area contributed by atoms with E-state index in [-0.39, 0.29) is 11.5 Å². The second-order valence-corrected chi connectivity index (χ2v) is 7.63. The number of para-hydroxylation sites is 1. The average Bonchev–Trinajstić information content (AvgIpc) is 3.40. The fourth-order valence-electron chi connectivity index (χ4n) is 4.01. The maximum atomic E-state index is 5.97. The largest absolute Gasteiger partial charge is 0.496 e. The molecular weight excluding hydrogens is 354 g/mol. The molecule has 1 aromatic heterocycles. The van der Waals surface area contributed by atoms with Gasteiger partial charge in [0.15, 0.2) is 5.96 Å². The van der Waals surface area contributed by atoms with Gasteiger partial charge in [-0.3, -0.25) is 9.67 Å². The maximum Gasteiger partial charge on any atom is 0.193 e. The molecule has 1 atom stereocenters. The third-order valence-corrected chi connectivity index (χ3v) is 5.79. The molecule has 0 radical (unpaired) electrons. The van der Waals surface area contributed by atoms with Gasteiger partial charge in [-0.05, 0) is 18.9 Å². The molecule has 1 saturated heterocycles. The van der Waals surface area contributed by atoms with Gasteiger partial charge in [-0.15, -0.1) is 0 Å². The summed E-state index contributed by atoms with van der Waals surface area (Å²) in [5.41, 5.74) is 2.53. The number of rotatable bonds is 5. The number of nitrogens with zero attached hydrogens (tertiary/aromatic N) is 4. The summed E-state index contributed by atoms with van der Waals surface area (Å²) in [5, 5.41) is 7.88. The molecule has 0 amide bonds. The first-order chi connectivity index (χ1) is 13.6. The Kier molecular flexibility index (Phi) is 5.26. The fraction of sp³-hybridized carbons (Fsp3) is 0.524. The van der Waals surface area contributed by atoms with Crippen LogP contribution in [0, 0.1) is 0 Å². The van der Waals surface area contributed by atoms with Crippen LogP contribution in [0.5, 0.6) is 5.75 Å². The van der Waals surface area contributed by atoms with Crippen molar-refractivity contribution in [3.05, 3.63) is 47.8 Å². The van der Waals surface area contributed by atoms with Gasteiger partial charge >= 0.3 is 0 Å². The zero-order valence-electron chi connectivity index (χ0n) is 16.9. The molecule has 1 unspecified atom stereocenters. The molecule has 150 valence electrons. The van der Waals surface area contributed by atoms with Gasteiger partial charge < -0.3 is 19.7 Å². The van der Waals surface area contributed by atoms with Crippen molar-refractivity contribution in [1.82, 2.24) is 20.0 Å². The lowest BCUT2D eigenvalue weighted by Gasteiger charge is -2.35. The summed E-state index contributed by atoms with van der Waals surface area (Å²) in [6.07, 6.45) is 6.25. The third-order valence-electron chi connectivity index (χ3n) is 5.79. The minimum Gasteiger partial charge on any atom is -0.496 e. The Bertz CT molecular complexity index is 843. The molecule has 1 aliphatic heterocycles. The molecule has 2 aliphatic rings. The van der Waals surface area contributed by atoms with Gasteiger partial charge in [0.2, 0.25) is 0 Å². The molecule has 7 heteroatoms. The number of aliphatic imine (C=N–C) groups is 1. The van der Waals surface area contributed by atoms with E-state index in [2.05, 4.69) is 32.4 Å². The molecule has 1 aromatic carbocycles. The zero-order valence-corrected chi connectivity index (χ0v) is 16.9. The van der Waals surface area contributed by atoms with Crippen LogP contribution in [0.4, 0.5) is 0 Å². The predicted octanol–water partition coefficient (Wildman–Crippen LogP) is 2.11. The van der Waals surface area contributed by atoms with Crippen molar-refractivity contribution < 1.29 is 9.47 Å². The highest BCUT2D eigenvalue weighted by Crippen LogP contribution is 2.50. The standard InChI is InChI=1S/C21H29N5O2/c1-22-20(26-10-11-28-19(14-26)16-12-24-25(2)13-16)23-15-21(8-9-21)17-6-4-5-7-18(17)27-3/h4-7,12-13,19H,8-11,14-15H2,1-3H3,(H,22,23). The smallest absolute Gasteiger partial charge is 0.193 e. The highest BCUT2D eigenvalue weighted by Gasteiger charge is 2.46. The van der Waals surface area contributed by atoms with E-state index in [0.717, 1.165) is 36.9 Å². The lowest BCUT2D eigenvalue weighted by Crippen LogP contribution is -2.49. The van der Waals surface area contributed by atoms with Crippen LogP contribution in [0.3, 0.4) is 0 Å². The molecular formula is C21H29N5O2. The first-order valence-corrected chi connectivity index (χ1v) is 9.84. The van der Waals surface area contributed by atoms with E-state index in [9.17, 15) is 0 Å². The van der Waals surface area contributed by atoms with Crippen LogP contribution in [0.2, 0.25) is 0 Å². The molecule has 0 bridgehead atoms. The number of benzene rings is 1. The molecule has 4 rings (SSSR count). The van der Waals surface area contributed by atoms with E-state index in [0.29, 0.717) is 6.61 Å². The van der Waals surface area contributed by atoms with Crippen LogP contribution in [0.25, 0.3) is 0 Å². The number of hydrogen-bond donors (Lipinski definition) is 1. The Balaban J connectivity index is 1.42. The fourth-order valence-corrected chi connectivity index (χ4v) is 4.01. The van der Waals surface area contributed by atoms with E-state index >= 15 is 0 Å². The zero-order chi connectivity index (χ0) is 19.6. The van der Waals surface area contributed by atoms with Crippen LogP contribution in [-0.4, -0.2) is 61.0 Å². The third kappa shape index (κ3) is 3.71. The van der Waals surface area contributed by atoms with Crippen molar-refractivity contribution in [3.63, 3.8) is 0 Å². The average molecular weight is 383 g/mol. The Morgan fingerprint density at radius 2 is 2.21 bits per heavy atom. The first-order valence-electron chi connectivity index (χ1n) is 9.84.